The van der Waals surface area contributed by atoms with Crippen molar-refractivity contribution in [1.29, 1.82) is 0 Å². The Kier molecular flexibility index (Phi) is 9.30. The van der Waals surface area contributed by atoms with Crippen LogP contribution in [-0.4, -0.2) is 37.6 Å². The number of aryl methyl sites for hydroxylation is 2. The van der Waals surface area contributed by atoms with E-state index in [1.165, 1.54) is 22.5 Å². The highest BCUT2D eigenvalue weighted by molar-refractivity contribution is 14.0. The van der Waals surface area contributed by atoms with Gasteiger partial charge in [0.1, 0.15) is 5.01 Å². The third-order valence-corrected chi connectivity index (χ3v) is 6.31. The van der Waals surface area contributed by atoms with Crippen LogP contribution in [0.1, 0.15) is 28.8 Å². The van der Waals surface area contributed by atoms with Gasteiger partial charge in [0.05, 0.1) is 6.54 Å². The average Bonchev–Trinajstić information content (AvgIpc) is 3.33. The van der Waals surface area contributed by atoms with Gasteiger partial charge in [-0.15, -0.1) is 35.3 Å². The lowest BCUT2D eigenvalue weighted by molar-refractivity contribution is 0.565. The van der Waals surface area contributed by atoms with E-state index in [2.05, 4.69) is 51.5 Å². The lowest BCUT2D eigenvalue weighted by atomic mass is 10.1. The summed E-state index contributed by atoms with van der Waals surface area (Å²) in [6, 6.07) is 6.13. The van der Waals surface area contributed by atoms with Gasteiger partial charge in [0, 0.05) is 48.5 Å². The molecule has 1 aliphatic heterocycles. The fourth-order valence-corrected chi connectivity index (χ4v) is 4.32. The van der Waals surface area contributed by atoms with E-state index >= 15 is 0 Å². The Balaban J connectivity index is 0.00000280. The number of hydrogen-bond donors (Lipinski definition) is 2. The number of guanidine groups is 1. The molecule has 0 saturated carbocycles. The number of aromatic nitrogens is 1. The molecule has 0 bridgehead atoms. The van der Waals surface area contributed by atoms with E-state index < -0.39 is 0 Å². The molecule has 2 N–H and O–H groups in total. The number of nitrogens with zero attached hydrogens (tertiary/aromatic N) is 3. The van der Waals surface area contributed by atoms with E-state index in [9.17, 15) is 0 Å². The summed E-state index contributed by atoms with van der Waals surface area (Å²) in [4.78, 5) is 12.5. The minimum Gasteiger partial charge on any atom is -0.371 e. The molecule has 0 amide bonds. The van der Waals surface area contributed by atoms with Crippen LogP contribution in [0.25, 0.3) is 0 Å². The van der Waals surface area contributed by atoms with E-state index in [-0.39, 0.29) is 24.0 Å². The summed E-state index contributed by atoms with van der Waals surface area (Å²) in [7, 11) is 1.81. The van der Waals surface area contributed by atoms with E-state index in [4.69, 9.17) is 11.6 Å². The summed E-state index contributed by atoms with van der Waals surface area (Å²) in [5.74, 6) is 1.43. The number of aliphatic imine (C=N–C) groups is 1. The van der Waals surface area contributed by atoms with Crippen molar-refractivity contribution in [2.24, 2.45) is 10.9 Å². The molecule has 1 aromatic carbocycles. The third-order valence-electron chi connectivity index (χ3n) is 4.94. The highest BCUT2D eigenvalue weighted by atomic mass is 127. The van der Waals surface area contributed by atoms with Gasteiger partial charge in [0.15, 0.2) is 5.96 Å². The highest BCUT2D eigenvalue weighted by Gasteiger charge is 2.24. The maximum atomic E-state index is 6.18. The molecule has 154 valence electrons. The van der Waals surface area contributed by atoms with E-state index in [1.54, 1.807) is 11.3 Å². The minimum absolute atomic E-state index is 0. The van der Waals surface area contributed by atoms with Crippen molar-refractivity contribution in [3.63, 3.8) is 0 Å². The van der Waals surface area contributed by atoms with Crippen LogP contribution in [-0.2, 0) is 13.0 Å². The van der Waals surface area contributed by atoms with Crippen LogP contribution in [0.2, 0.25) is 5.02 Å². The number of hydrogen-bond acceptors (Lipinski definition) is 4. The molecule has 3 rings (SSSR count). The first-order valence-electron chi connectivity index (χ1n) is 9.48. The SMILES string of the molecule is CCc1cnc(CNC(=NC)NCC2CCN(c3cc(Cl)ccc3C)C2)s1.I. The van der Waals surface area contributed by atoms with Crippen molar-refractivity contribution >= 4 is 58.6 Å². The first-order chi connectivity index (χ1) is 13.1. The maximum absolute atomic E-state index is 6.18. The zero-order valence-electron chi connectivity index (χ0n) is 16.7. The predicted molar refractivity (Wildman–Crippen MR) is 132 cm³/mol. The largest absolute Gasteiger partial charge is 0.371 e. The molecule has 5 nitrogen and oxygen atoms in total. The van der Waals surface area contributed by atoms with Crippen LogP contribution in [0.15, 0.2) is 29.4 Å². The topological polar surface area (TPSA) is 52.6 Å². The molecular formula is C20H29ClIN5S. The van der Waals surface area contributed by atoms with Crippen LogP contribution in [0.4, 0.5) is 5.69 Å². The van der Waals surface area contributed by atoms with E-state index in [1.807, 2.05) is 19.3 Å². The second kappa shape index (κ2) is 11.2. The number of thiazole rings is 1. The molecule has 28 heavy (non-hydrogen) atoms. The lowest BCUT2D eigenvalue weighted by Crippen LogP contribution is -2.39. The molecule has 0 radical (unpaired) electrons. The zero-order valence-corrected chi connectivity index (χ0v) is 20.6. The molecule has 2 aromatic rings. The molecule has 8 heteroatoms. The summed E-state index contributed by atoms with van der Waals surface area (Å²) in [5.41, 5.74) is 2.53. The second-order valence-electron chi connectivity index (χ2n) is 6.91. The van der Waals surface area contributed by atoms with E-state index in [0.717, 1.165) is 42.0 Å². The molecule has 1 aromatic heterocycles. The Bertz CT molecular complexity index is 795. The van der Waals surface area contributed by atoms with Crippen LogP contribution in [0.5, 0.6) is 0 Å². The zero-order chi connectivity index (χ0) is 19.2. The predicted octanol–water partition coefficient (Wildman–Crippen LogP) is 4.48. The molecule has 0 spiro atoms. The Morgan fingerprint density at radius 2 is 2.21 bits per heavy atom. The number of rotatable bonds is 6. The van der Waals surface area contributed by atoms with Crippen molar-refractivity contribution < 1.29 is 0 Å². The summed E-state index contributed by atoms with van der Waals surface area (Å²) in [6.45, 7) is 8.03. The Hall–Kier alpha value is -1.06. The number of halogens is 2. The number of benzene rings is 1. The van der Waals surface area contributed by atoms with Crippen molar-refractivity contribution in [2.75, 3.05) is 31.6 Å². The molecule has 1 fully saturated rings. The first kappa shape index (κ1) is 23.2. The van der Waals surface area contributed by atoms with Gasteiger partial charge in [0.2, 0.25) is 0 Å². The standard InChI is InChI=1S/C20H28ClN5S.HI/c1-4-17-11-23-19(27-17)12-25-20(22-3)24-10-15-7-8-26(13-15)18-9-16(21)6-5-14(18)2;/h5-6,9,11,15H,4,7-8,10,12-13H2,1-3H3,(H2,22,24,25);1H. The van der Waals surface area contributed by atoms with Gasteiger partial charge in [-0.3, -0.25) is 4.99 Å². The number of anilines is 1. The molecule has 1 aliphatic rings. The van der Waals surface area contributed by atoms with Crippen molar-refractivity contribution in [1.82, 2.24) is 15.6 Å². The van der Waals surface area contributed by atoms with Crippen LogP contribution in [0, 0.1) is 12.8 Å². The van der Waals surface area contributed by atoms with Crippen LogP contribution in [0.3, 0.4) is 0 Å². The normalized spacial score (nSPS) is 16.8. The van der Waals surface area contributed by atoms with Crippen LogP contribution < -0.4 is 15.5 Å². The summed E-state index contributed by atoms with van der Waals surface area (Å²) >= 11 is 7.94. The lowest BCUT2D eigenvalue weighted by Gasteiger charge is -2.21. The molecule has 1 unspecified atom stereocenters. The van der Waals surface area contributed by atoms with Gasteiger partial charge in [-0.1, -0.05) is 24.6 Å². The average molecular weight is 534 g/mol. The maximum Gasteiger partial charge on any atom is 0.191 e. The van der Waals surface area contributed by atoms with Gasteiger partial charge < -0.3 is 15.5 Å². The fraction of sp³-hybridized carbons (Fsp3) is 0.500. The van der Waals surface area contributed by atoms with Crippen LogP contribution >= 0.6 is 46.9 Å². The van der Waals surface area contributed by atoms with Gasteiger partial charge in [-0.05, 0) is 43.4 Å². The van der Waals surface area contributed by atoms with Crippen molar-refractivity contribution in [2.45, 2.75) is 33.2 Å². The quantitative estimate of drug-likeness (QED) is 0.327. The monoisotopic (exact) mass is 533 g/mol. The van der Waals surface area contributed by atoms with E-state index in [0.29, 0.717) is 12.5 Å². The molecular weight excluding hydrogens is 505 g/mol. The fourth-order valence-electron chi connectivity index (χ4n) is 3.36. The number of nitrogens with one attached hydrogen (secondary N) is 2. The summed E-state index contributed by atoms with van der Waals surface area (Å²) in [6.07, 6.45) is 4.17. The summed E-state index contributed by atoms with van der Waals surface area (Å²) in [5, 5.41) is 8.72. The van der Waals surface area contributed by atoms with Gasteiger partial charge in [0.25, 0.3) is 0 Å². The molecule has 1 atom stereocenters. The first-order valence-corrected chi connectivity index (χ1v) is 10.7. The van der Waals surface area contributed by atoms with Gasteiger partial charge >= 0.3 is 0 Å². The smallest absolute Gasteiger partial charge is 0.191 e. The molecule has 2 heterocycles. The Morgan fingerprint density at radius 3 is 2.93 bits per heavy atom. The highest BCUT2D eigenvalue weighted by Crippen LogP contribution is 2.29. The summed E-state index contributed by atoms with van der Waals surface area (Å²) < 4.78 is 0. The van der Waals surface area contributed by atoms with Gasteiger partial charge in [-0.2, -0.15) is 0 Å². The molecule has 0 aliphatic carbocycles. The Morgan fingerprint density at radius 1 is 1.39 bits per heavy atom. The third kappa shape index (κ3) is 6.22. The second-order valence-corrected chi connectivity index (χ2v) is 8.55. The molecule has 1 saturated heterocycles. The Labute approximate surface area is 194 Å². The van der Waals surface area contributed by atoms with Crippen molar-refractivity contribution in [3.8, 4) is 0 Å². The van der Waals surface area contributed by atoms with Crippen molar-refractivity contribution in [3.05, 3.63) is 44.9 Å². The van der Waals surface area contributed by atoms with Gasteiger partial charge in [-0.25, -0.2) is 4.98 Å². The minimum atomic E-state index is 0.